The Morgan fingerprint density at radius 2 is 2.24 bits per heavy atom. The topological polar surface area (TPSA) is 12.0 Å². The van der Waals surface area contributed by atoms with Crippen molar-refractivity contribution in [1.82, 2.24) is 5.32 Å². The van der Waals surface area contributed by atoms with Gasteiger partial charge in [0.2, 0.25) is 0 Å². The van der Waals surface area contributed by atoms with Crippen molar-refractivity contribution >= 4 is 11.3 Å². The zero-order chi connectivity index (χ0) is 12.3. The predicted octanol–water partition coefficient (Wildman–Crippen LogP) is 4.19. The molecule has 0 aliphatic heterocycles. The quantitative estimate of drug-likeness (QED) is 0.827. The first-order valence-corrected chi connectivity index (χ1v) is 7.80. The second kappa shape index (κ2) is 6.01. The van der Waals surface area contributed by atoms with Gasteiger partial charge in [-0.15, -0.1) is 11.3 Å². The monoisotopic (exact) mass is 251 g/mol. The zero-order valence-electron chi connectivity index (χ0n) is 11.3. The van der Waals surface area contributed by atoms with Crippen molar-refractivity contribution in [3.05, 3.63) is 21.9 Å². The van der Waals surface area contributed by atoms with Gasteiger partial charge in [0.05, 0.1) is 0 Å². The maximum absolute atomic E-state index is 3.64. The van der Waals surface area contributed by atoms with Gasteiger partial charge in [-0.1, -0.05) is 20.3 Å². The Hall–Kier alpha value is -0.340. The van der Waals surface area contributed by atoms with Crippen LogP contribution in [-0.2, 0) is 0 Å². The summed E-state index contributed by atoms with van der Waals surface area (Å²) < 4.78 is 0. The first-order valence-electron chi connectivity index (χ1n) is 6.92. The van der Waals surface area contributed by atoms with Gasteiger partial charge in [0.15, 0.2) is 0 Å². The van der Waals surface area contributed by atoms with Gasteiger partial charge < -0.3 is 5.32 Å². The van der Waals surface area contributed by atoms with Gasteiger partial charge in [-0.2, -0.15) is 0 Å². The van der Waals surface area contributed by atoms with E-state index in [4.69, 9.17) is 0 Å². The van der Waals surface area contributed by atoms with Crippen LogP contribution in [0.4, 0.5) is 0 Å². The highest BCUT2D eigenvalue weighted by Gasteiger charge is 2.28. The molecule has 1 nitrogen and oxygen atoms in total. The van der Waals surface area contributed by atoms with E-state index >= 15 is 0 Å². The van der Waals surface area contributed by atoms with E-state index in [1.54, 1.807) is 5.56 Å². The molecule has 0 spiro atoms. The first kappa shape index (κ1) is 13.1. The summed E-state index contributed by atoms with van der Waals surface area (Å²) >= 11 is 1.90. The summed E-state index contributed by atoms with van der Waals surface area (Å²) in [5.74, 6) is 2.45. The van der Waals surface area contributed by atoms with Crippen molar-refractivity contribution in [2.24, 2.45) is 11.8 Å². The van der Waals surface area contributed by atoms with Gasteiger partial charge >= 0.3 is 0 Å². The summed E-state index contributed by atoms with van der Waals surface area (Å²) in [6, 6.07) is 2.40. The van der Waals surface area contributed by atoms with Crippen LogP contribution in [0.2, 0.25) is 0 Å². The summed E-state index contributed by atoms with van der Waals surface area (Å²) in [7, 11) is 0. The van der Waals surface area contributed by atoms with Crippen LogP contribution in [-0.4, -0.2) is 13.1 Å². The smallest absolute Gasteiger partial charge is 0.00171 e. The molecule has 1 aromatic heterocycles. The Balaban J connectivity index is 1.89. The molecule has 1 aliphatic carbocycles. The third kappa shape index (κ3) is 3.56. The van der Waals surface area contributed by atoms with E-state index in [1.807, 2.05) is 11.3 Å². The lowest BCUT2D eigenvalue weighted by Crippen LogP contribution is -2.27. The fraction of sp³-hybridized carbons (Fsp3) is 0.733. The molecule has 1 N–H and O–H groups in total. The van der Waals surface area contributed by atoms with E-state index in [9.17, 15) is 0 Å². The number of hydrogen-bond acceptors (Lipinski definition) is 2. The summed E-state index contributed by atoms with van der Waals surface area (Å²) in [6.45, 7) is 9.14. The Bertz CT molecular complexity index is 342. The molecule has 96 valence electrons. The standard InChI is InChI=1S/C15H25NS/c1-11(2)8-16-9-13-5-4-6-15(13)14-7-12(3)17-10-14/h7,10-11,13,15-16H,4-6,8-9H2,1-3H3. The molecule has 1 saturated carbocycles. The molecule has 1 heterocycles. The third-order valence-corrected chi connectivity index (χ3v) is 4.68. The largest absolute Gasteiger partial charge is 0.316 e. The van der Waals surface area contributed by atoms with Crippen molar-refractivity contribution < 1.29 is 0 Å². The fourth-order valence-electron chi connectivity index (χ4n) is 2.94. The maximum atomic E-state index is 3.64. The van der Waals surface area contributed by atoms with Crippen molar-refractivity contribution in [2.75, 3.05) is 13.1 Å². The van der Waals surface area contributed by atoms with Gasteiger partial charge in [0.25, 0.3) is 0 Å². The molecular weight excluding hydrogens is 226 g/mol. The van der Waals surface area contributed by atoms with Crippen molar-refractivity contribution in [3.63, 3.8) is 0 Å². The molecule has 1 aromatic rings. The Morgan fingerprint density at radius 1 is 1.41 bits per heavy atom. The molecule has 0 amide bonds. The lowest BCUT2D eigenvalue weighted by molar-refractivity contribution is 0.425. The van der Waals surface area contributed by atoms with Gasteiger partial charge in [-0.25, -0.2) is 0 Å². The molecule has 0 aromatic carbocycles. The Kier molecular flexibility index (Phi) is 4.63. The number of thiophene rings is 1. The second-order valence-corrected chi connectivity index (χ2v) is 6.96. The molecule has 2 unspecified atom stereocenters. The molecule has 17 heavy (non-hydrogen) atoms. The number of aryl methyl sites for hydroxylation is 1. The van der Waals surface area contributed by atoms with Crippen LogP contribution in [0.1, 0.15) is 49.5 Å². The number of hydrogen-bond donors (Lipinski definition) is 1. The van der Waals surface area contributed by atoms with Crippen LogP contribution in [0.5, 0.6) is 0 Å². The van der Waals surface area contributed by atoms with E-state index in [-0.39, 0.29) is 0 Å². The SMILES string of the molecule is Cc1cc(C2CCCC2CNCC(C)C)cs1. The van der Waals surface area contributed by atoms with Gasteiger partial charge in [0.1, 0.15) is 0 Å². The lowest BCUT2D eigenvalue weighted by atomic mass is 9.90. The minimum Gasteiger partial charge on any atom is -0.316 e. The molecule has 2 atom stereocenters. The minimum absolute atomic E-state index is 0.762. The summed E-state index contributed by atoms with van der Waals surface area (Å²) in [5.41, 5.74) is 1.60. The third-order valence-electron chi connectivity index (χ3n) is 3.80. The van der Waals surface area contributed by atoms with E-state index in [2.05, 4.69) is 37.5 Å². The number of rotatable bonds is 5. The Labute approximate surface area is 110 Å². The molecule has 0 saturated heterocycles. The van der Waals surface area contributed by atoms with Crippen LogP contribution in [0.3, 0.4) is 0 Å². The van der Waals surface area contributed by atoms with E-state index in [0.29, 0.717) is 0 Å². The van der Waals surface area contributed by atoms with Crippen LogP contribution in [0.15, 0.2) is 11.4 Å². The molecule has 0 bridgehead atoms. The second-order valence-electron chi connectivity index (χ2n) is 5.84. The van der Waals surface area contributed by atoms with Crippen LogP contribution in [0.25, 0.3) is 0 Å². The zero-order valence-corrected chi connectivity index (χ0v) is 12.1. The van der Waals surface area contributed by atoms with Gasteiger partial charge in [-0.05, 0) is 67.6 Å². The molecule has 1 aliphatic rings. The van der Waals surface area contributed by atoms with Crippen molar-refractivity contribution in [3.8, 4) is 0 Å². The predicted molar refractivity (Wildman–Crippen MR) is 76.8 cm³/mol. The number of nitrogens with one attached hydrogen (secondary N) is 1. The molecule has 2 rings (SSSR count). The summed E-state index contributed by atoms with van der Waals surface area (Å²) in [6.07, 6.45) is 4.21. The van der Waals surface area contributed by atoms with Crippen LogP contribution in [0, 0.1) is 18.8 Å². The summed E-state index contributed by atoms with van der Waals surface area (Å²) in [5, 5.41) is 6.01. The highest BCUT2D eigenvalue weighted by molar-refractivity contribution is 7.10. The average Bonchev–Trinajstić information content (AvgIpc) is 2.86. The lowest BCUT2D eigenvalue weighted by Gasteiger charge is -2.20. The fourth-order valence-corrected chi connectivity index (χ4v) is 3.70. The average molecular weight is 251 g/mol. The molecule has 0 radical (unpaired) electrons. The molecular formula is C15H25NS. The van der Waals surface area contributed by atoms with Gasteiger partial charge in [-0.3, -0.25) is 0 Å². The van der Waals surface area contributed by atoms with Crippen LogP contribution < -0.4 is 5.32 Å². The highest BCUT2D eigenvalue weighted by Crippen LogP contribution is 2.40. The van der Waals surface area contributed by atoms with Crippen molar-refractivity contribution in [1.29, 1.82) is 0 Å². The molecule has 2 heteroatoms. The Morgan fingerprint density at radius 3 is 2.88 bits per heavy atom. The normalized spacial score (nSPS) is 24.7. The van der Waals surface area contributed by atoms with Crippen LogP contribution >= 0.6 is 11.3 Å². The van der Waals surface area contributed by atoms with E-state index in [0.717, 1.165) is 24.3 Å². The van der Waals surface area contributed by atoms with Gasteiger partial charge in [0, 0.05) is 4.88 Å². The van der Waals surface area contributed by atoms with Crippen molar-refractivity contribution in [2.45, 2.75) is 46.0 Å². The van der Waals surface area contributed by atoms with E-state index in [1.165, 1.54) is 30.7 Å². The maximum Gasteiger partial charge on any atom is 0.00171 e. The first-order chi connectivity index (χ1) is 8.16. The highest BCUT2D eigenvalue weighted by atomic mass is 32.1. The molecule has 1 fully saturated rings. The minimum atomic E-state index is 0.762. The van der Waals surface area contributed by atoms with E-state index < -0.39 is 0 Å². The summed E-state index contributed by atoms with van der Waals surface area (Å²) in [4.78, 5) is 1.46.